The van der Waals surface area contributed by atoms with Crippen molar-refractivity contribution in [3.05, 3.63) is 28.8 Å². The topological polar surface area (TPSA) is 70.6 Å². The van der Waals surface area contributed by atoms with E-state index in [-0.39, 0.29) is 18.6 Å². The Kier molecular flexibility index (Phi) is 5.85. The van der Waals surface area contributed by atoms with E-state index in [1.807, 2.05) is 13.0 Å². The molecule has 1 saturated heterocycles. The fraction of sp³-hybridized carbons (Fsp3) is 0.533. The molecular formula is C15H21ClN2O3. The minimum Gasteiger partial charge on any atom is -0.491 e. The SMILES string of the molecule is Cc1cc(OCC(O)CNC2CCC(=O)NC2)ccc1Cl. The van der Waals surface area contributed by atoms with E-state index < -0.39 is 6.10 Å². The molecule has 0 radical (unpaired) electrons. The summed E-state index contributed by atoms with van der Waals surface area (Å²) in [6, 6.07) is 5.63. The molecule has 2 unspecified atom stereocenters. The molecule has 0 bridgehead atoms. The number of rotatable bonds is 6. The lowest BCUT2D eigenvalue weighted by atomic mass is 10.1. The minimum absolute atomic E-state index is 0.0926. The van der Waals surface area contributed by atoms with E-state index in [4.69, 9.17) is 16.3 Å². The van der Waals surface area contributed by atoms with Gasteiger partial charge in [-0.25, -0.2) is 0 Å². The zero-order chi connectivity index (χ0) is 15.2. The average Bonchev–Trinajstić information content (AvgIpc) is 2.48. The molecule has 1 amide bonds. The second-order valence-electron chi connectivity index (χ2n) is 5.32. The molecule has 2 rings (SSSR count). The van der Waals surface area contributed by atoms with Crippen molar-refractivity contribution in [3.8, 4) is 5.75 Å². The number of amides is 1. The van der Waals surface area contributed by atoms with Gasteiger partial charge in [0.05, 0.1) is 0 Å². The molecule has 1 fully saturated rings. The van der Waals surface area contributed by atoms with Crippen molar-refractivity contribution in [1.29, 1.82) is 0 Å². The number of carbonyl (C=O) groups excluding carboxylic acids is 1. The van der Waals surface area contributed by atoms with Crippen molar-refractivity contribution in [2.75, 3.05) is 19.7 Å². The predicted octanol–water partition coefficient (Wildman–Crippen LogP) is 1.26. The van der Waals surface area contributed by atoms with Gasteiger partial charge in [0.25, 0.3) is 0 Å². The molecule has 0 aromatic heterocycles. The molecule has 21 heavy (non-hydrogen) atoms. The van der Waals surface area contributed by atoms with Crippen LogP contribution in [0.25, 0.3) is 0 Å². The molecular weight excluding hydrogens is 292 g/mol. The maximum Gasteiger partial charge on any atom is 0.220 e. The Hall–Kier alpha value is -1.30. The maximum absolute atomic E-state index is 11.0. The number of piperidine rings is 1. The maximum atomic E-state index is 11.0. The fourth-order valence-corrected chi connectivity index (χ4v) is 2.29. The second-order valence-corrected chi connectivity index (χ2v) is 5.73. The van der Waals surface area contributed by atoms with Crippen LogP contribution in [0.5, 0.6) is 5.75 Å². The highest BCUT2D eigenvalue weighted by Crippen LogP contribution is 2.21. The highest BCUT2D eigenvalue weighted by Gasteiger charge is 2.18. The van der Waals surface area contributed by atoms with Gasteiger partial charge in [-0.2, -0.15) is 0 Å². The predicted molar refractivity (Wildman–Crippen MR) is 81.7 cm³/mol. The zero-order valence-electron chi connectivity index (χ0n) is 12.1. The Balaban J connectivity index is 1.68. The van der Waals surface area contributed by atoms with Crippen LogP contribution in [0.1, 0.15) is 18.4 Å². The summed E-state index contributed by atoms with van der Waals surface area (Å²) in [5.74, 6) is 0.788. The first-order chi connectivity index (χ1) is 10.0. The van der Waals surface area contributed by atoms with E-state index in [1.165, 1.54) is 0 Å². The first-order valence-electron chi connectivity index (χ1n) is 7.11. The largest absolute Gasteiger partial charge is 0.491 e. The van der Waals surface area contributed by atoms with Gasteiger partial charge in [-0.1, -0.05) is 11.6 Å². The Morgan fingerprint density at radius 2 is 2.38 bits per heavy atom. The molecule has 1 aliphatic rings. The van der Waals surface area contributed by atoms with Crippen LogP contribution in [0.4, 0.5) is 0 Å². The minimum atomic E-state index is -0.599. The van der Waals surface area contributed by atoms with E-state index in [0.29, 0.717) is 30.3 Å². The first kappa shape index (κ1) is 16.1. The average molecular weight is 313 g/mol. The summed E-state index contributed by atoms with van der Waals surface area (Å²) < 4.78 is 5.54. The molecule has 2 atom stereocenters. The summed E-state index contributed by atoms with van der Waals surface area (Å²) in [6.45, 7) is 3.17. The molecule has 1 aromatic carbocycles. The smallest absolute Gasteiger partial charge is 0.220 e. The van der Waals surface area contributed by atoms with Gasteiger partial charge in [-0.3, -0.25) is 4.79 Å². The Morgan fingerprint density at radius 1 is 1.57 bits per heavy atom. The number of nitrogens with one attached hydrogen (secondary N) is 2. The summed E-state index contributed by atoms with van der Waals surface area (Å²) in [4.78, 5) is 11.0. The molecule has 0 aliphatic carbocycles. The van der Waals surface area contributed by atoms with Gasteiger partial charge >= 0.3 is 0 Å². The second kappa shape index (κ2) is 7.64. The normalized spacial score (nSPS) is 20.0. The third kappa shape index (κ3) is 5.19. The number of ether oxygens (including phenoxy) is 1. The highest BCUT2D eigenvalue weighted by molar-refractivity contribution is 6.31. The van der Waals surface area contributed by atoms with Crippen LogP contribution >= 0.6 is 11.6 Å². The summed E-state index contributed by atoms with van der Waals surface area (Å²) in [5.41, 5.74) is 0.944. The molecule has 1 heterocycles. The number of halogens is 1. The van der Waals surface area contributed by atoms with E-state index in [1.54, 1.807) is 12.1 Å². The van der Waals surface area contributed by atoms with Crippen LogP contribution in [-0.4, -0.2) is 42.9 Å². The molecule has 1 aliphatic heterocycles. The van der Waals surface area contributed by atoms with Crippen molar-refractivity contribution in [1.82, 2.24) is 10.6 Å². The monoisotopic (exact) mass is 312 g/mol. The third-order valence-electron chi connectivity index (χ3n) is 3.48. The lowest BCUT2D eigenvalue weighted by Crippen LogP contribution is -2.48. The Labute approximate surface area is 129 Å². The first-order valence-corrected chi connectivity index (χ1v) is 7.49. The lowest BCUT2D eigenvalue weighted by Gasteiger charge is -2.24. The van der Waals surface area contributed by atoms with Crippen LogP contribution < -0.4 is 15.4 Å². The van der Waals surface area contributed by atoms with Crippen molar-refractivity contribution >= 4 is 17.5 Å². The quantitative estimate of drug-likeness (QED) is 0.739. The van der Waals surface area contributed by atoms with Crippen molar-refractivity contribution in [2.24, 2.45) is 0 Å². The van der Waals surface area contributed by atoms with Crippen LogP contribution in [0, 0.1) is 6.92 Å². The summed E-state index contributed by atoms with van der Waals surface area (Å²) in [7, 11) is 0. The van der Waals surface area contributed by atoms with Gasteiger partial charge in [-0.15, -0.1) is 0 Å². The summed E-state index contributed by atoms with van der Waals surface area (Å²) in [6.07, 6.45) is 0.739. The van der Waals surface area contributed by atoms with Gasteiger partial charge in [0.2, 0.25) is 5.91 Å². The molecule has 1 aromatic rings. The zero-order valence-corrected chi connectivity index (χ0v) is 12.8. The summed E-state index contributed by atoms with van der Waals surface area (Å²) in [5, 5.41) is 16.6. The van der Waals surface area contributed by atoms with Crippen molar-refractivity contribution in [2.45, 2.75) is 31.9 Å². The number of aliphatic hydroxyl groups is 1. The van der Waals surface area contributed by atoms with Gasteiger partial charge < -0.3 is 20.5 Å². The van der Waals surface area contributed by atoms with Gasteiger partial charge in [0.1, 0.15) is 18.5 Å². The van der Waals surface area contributed by atoms with E-state index in [0.717, 1.165) is 12.0 Å². The highest BCUT2D eigenvalue weighted by atomic mass is 35.5. The molecule has 0 saturated carbocycles. The van der Waals surface area contributed by atoms with Crippen LogP contribution in [0.15, 0.2) is 18.2 Å². The standard InChI is InChI=1S/C15H21ClN2O3/c1-10-6-13(3-4-14(10)16)21-9-12(19)8-17-11-2-5-15(20)18-7-11/h3-4,6,11-12,17,19H,2,5,7-9H2,1H3,(H,18,20). The number of hydrogen-bond donors (Lipinski definition) is 3. The summed E-state index contributed by atoms with van der Waals surface area (Å²) >= 11 is 5.94. The van der Waals surface area contributed by atoms with Crippen LogP contribution in [-0.2, 0) is 4.79 Å². The Bertz CT molecular complexity index is 486. The fourth-order valence-electron chi connectivity index (χ4n) is 2.17. The Morgan fingerprint density at radius 3 is 3.05 bits per heavy atom. The molecule has 6 heteroatoms. The third-order valence-corrected chi connectivity index (χ3v) is 3.90. The van der Waals surface area contributed by atoms with Crippen LogP contribution in [0.2, 0.25) is 5.02 Å². The van der Waals surface area contributed by atoms with Crippen molar-refractivity contribution in [3.63, 3.8) is 0 Å². The molecule has 5 nitrogen and oxygen atoms in total. The molecule has 0 spiro atoms. The van der Waals surface area contributed by atoms with E-state index in [9.17, 15) is 9.90 Å². The number of aryl methyl sites for hydroxylation is 1. The van der Waals surface area contributed by atoms with Gasteiger partial charge in [0, 0.05) is 30.6 Å². The van der Waals surface area contributed by atoms with Gasteiger partial charge in [0.15, 0.2) is 0 Å². The number of aliphatic hydroxyl groups excluding tert-OH is 1. The van der Waals surface area contributed by atoms with Crippen LogP contribution in [0.3, 0.4) is 0 Å². The van der Waals surface area contributed by atoms with Gasteiger partial charge in [-0.05, 0) is 37.1 Å². The number of hydrogen-bond acceptors (Lipinski definition) is 4. The van der Waals surface area contributed by atoms with E-state index >= 15 is 0 Å². The number of carbonyl (C=O) groups is 1. The number of benzene rings is 1. The molecule has 3 N–H and O–H groups in total. The lowest BCUT2D eigenvalue weighted by molar-refractivity contribution is -0.122. The molecule has 116 valence electrons. The van der Waals surface area contributed by atoms with Crippen molar-refractivity contribution < 1.29 is 14.6 Å². The van der Waals surface area contributed by atoms with E-state index in [2.05, 4.69) is 10.6 Å².